The number of nitrogens with zero attached hydrogens (tertiary/aromatic N) is 2. The van der Waals surface area contributed by atoms with Crippen molar-refractivity contribution in [2.24, 2.45) is 0 Å². The quantitative estimate of drug-likeness (QED) is 0.876. The minimum atomic E-state index is -1.03. The molecule has 1 N–H and O–H groups in total. The Morgan fingerprint density at radius 3 is 2.41 bits per heavy atom. The van der Waals surface area contributed by atoms with Gasteiger partial charge in [-0.3, -0.25) is 4.98 Å². The standard InChI is InChI=1S/C13H12N2O2/c1-2-9-5-3-6-10(14-9)11-7-4-8-12(15-11)13(16)17/h3-8H,2H2,1H3,(H,16,17). The summed E-state index contributed by atoms with van der Waals surface area (Å²) >= 11 is 0. The molecule has 86 valence electrons. The second kappa shape index (κ2) is 4.74. The molecule has 0 saturated heterocycles. The monoisotopic (exact) mass is 228 g/mol. The molecule has 4 heteroatoms. The van der Waals surface area contributed by atoms with Gasteiger partial charge in [0.2, 0.25) is 0 Å². The number of rotatable bonds is 3. The van der Waals surface area contributed by atoms with Gasteiger partial charge in [-0.1, -0.05) is 19.1 Å². The summed E-state index contributed by atoms with van der Waals surface area (Å²) < 4.78 is 0. The predicted molar refractivity (Wildman–Crippen MR) is 63.8 cm³/mol. The van der Waals surface area contributed by atoms with Gasteiger partial charge in [-0.25, -0.2) is 9.78 Å². The van der Waals surface area contributed by atoms with E-state index in [4.69, 9.17) is 5.11 Å². The number of aryl methyl sites for hydroxylation is 1. The zero-order valence-corrected chi connectivity index (χ0v) is 9.42. The van der Waals surface area contributed by atoms with Crippen LogP contribution in [-0.2, 0) is 6.42 Å². The maximum absolute atomic E-state index is 10.8. The Hall–Kier alpha value is -2.23. The summed E-state index contributed by atoms with van der Waals surface area (Å²) in [7, 11) is 0. The minimum Gasteiger partial charge on any atom is -0.477 e. The Morgan fingerprint density at radius 1 is 1.12 bits per heavy atom. The van der Waals surface area contributed by atoms with E-state index in [9.17, 15) is 4.79 Å². The van der Waals surface area contributed by atoms with Gasteiger partial charge in [0.05, 0.1) is 11.4 Å². The van der Waals surface area contributed by atoms with E-state index in [1.807, 2.05) is 25.1 Å². The van der Waals surface area contributed by atoms with Crippen molar-refractivity contribution < 1.29 is 9.90 Å². The maximum atomic E-state index is 10.8. The van der Waals surface area contributed by atoms with Crippen molar-refractivity contribution in [1.82, 2.24) is 9.97 Å². The SMILES string of the molecule is CCc1cccc(-c2cccc(C(=O)O)n2)n1. The summed E-state index contributed by atoms with van der Waals surface area (Å²) in [6.07, 6.45) is 0.840. The molecular formula is C13H12N2O2. The summed E-state index contributed by atoms with van der Waals surface area (Å²) in [5.74, 6) is -1.03. The fourth-order valence-electron chi connectivity index (χ4n) is 1.52. The average molecular weight is 228 g/mol. The Labute approximate surface area is 99.0 Å². The summed E-state index contributed by atoms with van der Waals surface area (Å²) in [6.45, 7) is 2.02. The van der Waals surface area contributed by atoms with Gasteiger partial charge in [0.25, 0.3) is 0 Å². The highest BCUT2D eigenvalue weighted by molar-refractivity contribution is 5.85. The lowest BCUT2D eigenvalue weighted by molar-refractivity contribution is 0.0690. The first-order valence-electron chi connectivity index (χ1n) is 5.37. The molecule has 0 spiro atoms. The van der Waals surface area contributed by atoms with Gasteiger partial charge in [0, 0.05) is 5.69 Å². The zero-order valence-electron chi connectivity index (χ0n) is 9.42. The summed E-state index contributed by atoms with van der Waals surface area (Å²) in [5, 5.41) is 8.87. The van der Waals surface area contributed by atoms with Gasteiger partial charge >= 0.3 is 5.97 Å². The van der Waals surface area contributed by atoms with Gasteiger partial charge in [-0.2, -0.15) is 0 Å². The number of hydrogen-bond donors (Lipinski definition) is 1. The van der Waals surface area contributed by atoms with E-state index in [2.05, 4.69) is 9.97 Å². The molecule has 0 unspecified atom stereocenters. The maximum Gasteiger partial charge on any atom is 0.354 e. The van der Waals surface area contributed by atoms with E-state index in [-0.39, 0.29) is 5.69 Å². The van der Waals surface area contributed by atoms with Crippen molar-refractivity contribution in [3.8, 4) is 11.4 Å². The lowest BCUT2D eigenvalue weighted by Crippen LogP contribution is -2.01. The van der Waals surface area contributed by atoms with Crippen LogP contribution in [0.1, 0.15) is 23.1 Å². The molecule has 0 bridgehead atoms. The summed E-state index contributed by atoms with van der Waals surface area (Å²) in [6, 6.07) is 10.6. The van der Waals surface area contributed by atoms with Crippen molar-refractivity contribution >= 4 is 5.97 Å². The third-order valence-corrected chi connectivity index (χ3v) is 2.40. The van der Waals surface area contributed by atoms with E-state index in [1.54, 1.807) is 12.1 Å². The number of carbonyl (C=O) groups is 1. The van der Waals surface area contributed by atoms with Crippen LogP contribution in [0, 0.1) is 0 Å². The summed E-state index contributed by atoms with van der Waals surface area (Å²) in [4.78, 5) is 19.3. The summed E-state index contributed by atoms with van der Waals surface area (Å²) in [5.41, 5.74) is 2.28. The number of carboxylic acid groups (broad SMARTS) is 1. The Kier molecular flexibility index (Phi) is 3.14. The van der Waals surface area contributed by atoms with Crippen molar-refractivity contribution in [2.45, 2.75) is 13.3 Å². The van der Waals surface area contributed by atoms with Crippen LogP contribution in [0.5, 0.6) is 0 Å². The van der Waals surface area contributed by atoms with Crippen LogP contribution >= 0.6 is 0 Å². The first-order chi connectivity index (χ1) is 8.20. The molecule has 2 rings (SSSR count). The lowest BCUT2D eigenvalue weighted by Gasteiger charge is -2.03. The van der Waals surface area contributed by atoms with Crippen molar-refractivity contribution in [1.29, 1.82) is 0 Å². The van der Waals surface area contributed by atoms with E-state index >= 15 is 0 Å². The molecule has 0 atom stereocenters. The van der Waals surface area contributed by atoms with Gasteiger partial charge in [0.15, 0.2) is 0 Å². The molecule has 2 heterocycles. The molecule has 0 aliphatic heterocycles. The van der Waals surface area contributed by atoms with Crippen LogP contribution in [0.3, 0.4) is 0 Å². The smallest absolute Gasteiger partial charge is 0.354 e. The van der Waals surface area contributed by atoms with E-state index in [0.29, 0.717) is 11.4 Å². The normalized spacial score (nSPS) is 10.2. The highest BCUT2D eigenvalue weighted by Gasteiger charge is 2.07. The molecule has 0 fully saturated rings. The van der Waals surface area contributed by atoms with Crippen LogP contribution in [0.4, 0.5) is 0 Å². The molecule has 0 aliphatic carbocycles. The molecule has 0 saturated carbocycles. The highest BCUT2D eigenvalue weighted by atomic mass is 16.4. The fraction of sp³-hybridized carbons (Fsp3) is 0.154. The number of hydrogen-bond acceptors (Lipinski definition) is 3. The van der Waals surface area contributed by atoms with Crippen LogP contribution in [0.25, 0.3) is 11.4 Å². The van der Waals surface area contributed by atoms with Crippen LogP contribution in [0.15, 0.2) is 36.4 Å². The van der Waals surface area contributed by atoms with Gasteiger partial charge in [-0.05, 0) is 30.7 Å². The lowest BCUT2D eigenvalue weighted by atomic mass is 10.2. The number of carboxylic acids is 1. The Morgan fingerprint density at radius 2 is 1.76 bits per heavy atom. The number of aromatic nitrogens is 2. The molecule has 17 heavy (non-hydrogen) atoms. The molecule has 2 aromatic rings. The number of pyridine rings is 2. The minimum absolute atomic E-state index is 0.0335. The number of aromatic carboxylic acids is 1. The molecule has 0 aliphatic rings. The highest BCUT2D eigenvalue weighted by Crippen LogP contribution is 2.15. The van der Waals surface area contributed by atoms with Crippen molar-refractivity contribution in [3.05, 3.63) is 47.8 Å². The molecule has 0 aromatic carbocycles. The van der Waals surface area contributed by atoms with Crippen LogP contribution < -0.4 is 0 Å². The van der Waals surface area contributed by atoms with Crippen LogP contribution in [0.2, 0.25) is 0 Å². The van der Waals surface area contributed by atoms with Gasteiger partial charge in [-0.15, -0.1) is 0 Å². The second-order valence-corrected chi connectivity index (χ2v) is 3.58. The third-order valence-electron chi connectivity index (χ3n) is 2.40. The van der Waals surface area contributed by atoms with Gasteiger partial charge in [0.1, 0.15) is 5.69 Å². The van der Waals surface area contributed by atoms with E-state index in [0.717, 1.165) is 12.1 Å². The molecule has 4 nitrogen and oxygen atoms in total. The second-order valence-electron chi connectivity index (χ2n) is 3.58. The predicted octanol–water partition coefficient (Wildman–Crippen LogP) is 2.40. The molecule has 0 radical (unpaired) electrons. The zero-order chi connectivity index (χ0) is 12.3. The van der Waals surface area contributed by atoms with Gasteiger partial charge < -0.3 is 5.11 Å². The third kappa shape index (κ3) is 2.47. The first kappa shape index (κ1) is 11.3. The Balaban J connectivity index is 2.45. The molecule has 0 amide bonds. The fourth-order valence-corrected chi connectivity index (χ4v) is 1.52. The average Bonchev–Trinajstić information content (AvgIpc) is 2.39. The molecule has 2 aromatic heterocycles. The van der Waals surface area contributed by atoms with E-state index in [1.165, 1.54) is 6.07 Å². The van der Waals surface area contributed by atoms with Crippen LogP contribution in [-0.4, -0.2) is 21.0 Å². The topological polar surface area (TPSA) is 63.1 Å². The van der Waals surface area contributed by atoms with Crippen molar-refractivity contribution in [3.63, 3.8) is 0 Å². The Bertz CT molecular complexity index is 553. The molecular weight excluding hydrogens is 216 g/mol. The first-order valence-corrected chi connectivity index (χ1v) is 5.37. The van der Waals surface area contributed by atoms with E-state index < -0.39 is 5.97 Å². The largest absolute Gasteiger partial charge is 0.477 e. The van der Waals surface area contributed by atoms with Crippen molar-refractivity contribution in [2.75, 3.05) is 0 Å².